The Bertz CT molecular complexity index is 1200. The van der Waals surface area contributed by atoms with Gasteiger partial charge in [-0.05, 0) is 36.4 Å². The lowest BCUT2D eigenvalue weighted by molar-refractivity contribution is 0.145. The molecule has 4 aromatic rings. The largest absolute Gasteiger partial charge is 0.386 e. The highest BCUT2D eigenvalue weighted by Crippen LogP contribution is 2.25. The van der Waals surface area contributed by atoms with Crippen molar-refractivity contribution in [2.75, 3.05) is 0 Å². The summed E-state index contributed by atoms with van der Waals surface area (Å²) in [4.78, 5) is 12.9. The van der Waals surface area contributed by atoms with Gasteiger partial charge in [0.25, 0.3) is 5.56 Å². The fourth-order valence-electron chi connectivity index (χ4n) is 3.19. The smallest absolute Gasteiger partial charge is 0.274 e. The van der Waals surface area contributed by atoms with Gasteiger partial charge in [0.15, 0.2) is 0 Å². The molecule has 0 amide bonds. The number of halogens is 2. The van der Waals surface area contributed by atoms with E-state index in [4.69, 9.17) is 0 Å². The number of aliphatic hydroxyl groups excluding tert-OH is 1. The lowest BCUT2D eigenvalue weighted by atomic mass is 10.0. The first-order valence-electron chi connectivity index (χ1n) is 8.73. The van der Waals surface area contributed by atoms with Crippen molar-refractivity contribution >= 4 is 10.8 Å². The number of aliphatic hydroxyl groups is 1. The second kappa shape index (κ2) is 7.32. The Balaban J connectivity index is 1.85. The Kier molecular flexibility index (Phi) is 4.71. The number of nitrogens with zero attached hydrogens (tertiary/aromatic N) is 2. The maximum atomic E-state index is 14.0. The molecule has 0 unspecified atom stereocenters. The van der Waals surface area contributed by atoms with Crippen molar-refractivity contribution in [3.05, 3.63) is 100 Å². The van der Waals surface area contributed by atoms with Crippen molar-refractivity contribution in [3.8, 4) is 11.3 Å². The van der Waals surface area contributed by atoms with E-state index in [9.17, 15) is 18.7 Å². The molecule has 140 valence electrons. The monoisotopic (exact) mass is 378 g/mol. The standard InChI is InChI=1S/C22H16F2N2O2/c23-15-11-9-14(10-12-15)21-16-5-1-2-6-17(16)22(28)26(25-21)13-20(27)18-7-3-4-8-19(18)24/h1-12,20,27H,13H2/t20-/m0/s1. The van der Waals surface area contributed by atoms with Crippen LogP contribution in [0.1, 0.15) is 11.7 Å². The van der Waals surface area contributed by atoms with E-state index in [0.29, 0.717) is 22.0 Å². The van der Waals surface area contributed by atoms with Gasteiger partial charge < -0.3 is 5.11 Å². The zero-order valence-electron chi connectivity index (χ0n) is 14.7. The van der Waals surface area contributed by atoms with Crippen molar-refractivity contribution in [1.29, 1.82) is 0 Å². The maximum Gasteiger partial charge on any atom is 0.274 e. The van der Waals surface area contributed by atoms with Gasteiger partial charge in [0.05, 0.1) is 17.6 Å². The van der Waals surface area contributed by atoms with Gasteiger partial charge in [0.2, 0.25) is 0 Å². The Morgan fingerprint density at radius 1 is 0.893 bits per heavy atom. The van der Waals surface area contributed by atoms with E-state index in [1.165, 1.54) is 30.3 Å². The Labute approximate surface area is 159 Å². The fourth-order valence-corrected chi connectivity index (χ4v) is 3.19. The number of aromatic nitrogens is 2. The first kappa shape index (κ1) is 18.0. The molecular formula is C22H16F2N2O2. The number of hydrogen-bond acceptors (Lipinski definition) is 3. The number of benzene rings is 3. The lowest BCUT2D eigenvalue weighted by Crippen LogP contribution is -2.27. The van der Waals surface area contributed by atoms with E-state index < -0.39 is 17.5 Å². The zero-order chi connectivity index (χ0) is 19.7. The zero-order valence-corrected chi connectivity index (χ0v) is 14.7. The molecule has 0 aliphatic heterocycles. The second-order valence-electron chi connectivity index (χ2n) is 6.43. The van der Waals surface area contributed by atoms with Crippen molar-refractivity contribution in [3.63, 3.8) is 0 Å². The maximum absolute atomic E-state index is 14.0. The minimum Gasteiger partial charge on any atom is -0.386 e. The van der Waals surface area contributed by atoms with Crippen LogP contribution in [-0.2, 0) is 6.54 Å². The quantitative estimate of drug-likeness (QED) is 0.582. The number of rotatable bonds is 4. The highest BCUT2D eigenvalue weighted by atomic mass is 19.1. The Morgan fingerprint density at radius 3 is 2.25 bits per heavy atom. The highest BCUT2D eigenvalue weighted by Gasteiger charge is 2.17. The van der Waals surface area contributed by atoms with Gasteiger partial charge >= 0.3 is 0 Å². The first-order chi connectivity index (χ1) is 13.5. The van der Waals surface area contributed by atoms with Gasteiger partial charge in [0.1, 0.15) is 17.7 Å². The molecule has 1 heterocycles. The molecule has 1 aromatic heterocycles. The van der Waals surface area contributed by atoms with Crippen molar-refractivity contribution < 1.29 is 13.9 Å². The molecule has 0 spiro atoms. The Morgan fingerprint density at radius 2 is 1.54 bits per heavy atom. The summed E-state index contributed by atoms with van der Waals surface area (Å²) < 4.78 is 28.4. The molecule has 0 bridgehead atoms. The summed E-state index contributed by atoms with van der Waals surface area (Å²) in [6.07, 6.45) is -1.24. The van der Waals surface area contributed by atoms with Crippen LogP contribution < -0.4 is 5.56 Å². The third-order valence-corrected chi connectivity index (χ3v) is 4.60. The molecule has 1 atom stereocenters. The molecule has 0 saturated carbocycles. The van der Waals surface area contributed by atoms with Crippen LogP contribution in [0.25, 0.3) is 22.0 Å². The van der Waals surface area contributed by atoms with Gasteiger partial charge in [-0.25, -0.2) is 13.5 Å². The molecule has 6 heteroatoms. The molecule has 4 nitrogen and oxygen atoms in total. The molecule has 0 aliphatic carbocycles. The van der Waals surface area contributed by atoms with Crippen molar-refractivity contribution in [2.45, 2.75) is 12.6 Å². The van der Waals surface area contributed by atoms with Crippen LogP contribution in [0, 0.1) is 11.6 Å². The van der Waals surface area contributed by atoms with Crippen LogP contribution in [0.2, 0.25) is 0 Å². The van der Waals surface area contributed by atoms with Crippen LogP contribution in [0.15, 0.2) is 77.6 Å². The van der Waals surface area contributed by atoms with Crippen molar-refractivity contribution in [1.82, 2.24) is 9.78 Å². The molecule has 4 rings (SSSR count). The van der Waals surface area contributed by atoms with Gasteiger partial charge in [-0.15, -0.1) is 0 Å². The summed E-state index contributed by atoms with van der Waals surface area (Å²) in [5.41, 5.74) is 0.812. The van der Waals surface area contributed by atoms with Crippen LogP contribution >= 0.6 is 0 Å². The fraction of sp³-hybridized carbons (Fsp3) is 0.0909. The lowest BCUT2D eigenvalue weighted by Gasteiger charge is -2.15. The van der Waals surface area contributed by atoms with Crippen LogP contribution in [0.3, 0.4) is 0 Å². The minimum atomic E-state index is -1.24. The van der Waals surface area contributed by atoms with Gasteiger partial charge in [-0.2, -0.15) is 5.10 Å². The third-order valence-electron chi connectivity index (χ3n) is 4.60. The Hall–Kier alpha value is -3.38. The van der Waals surface area contributed by atoms with E-state index in [-0.39, 0.29) is 17.9 Å². The topological polar surface area (TPSA) is 55.1 Å². The molecule has 1 N–H and O–H groups in total. The van der Waals surface area contributed by atoms with Crippen LogP contribution in [0.4, 0.5) is 8.78 Å². The third kappa shape index (κ3) is 3.30. The predicted octanol–water partition coefficient (Wildman–Crippen LogP) is 4.08. The van der Waals surface area contributed by atoms with Gasteiger partial charge in [0, 0.05) is 16.5 Å². The number of fused-ring (bicyclic) bond motifs is 1. The normalized spacial score (nSPS) is 12.2. The minimum absolute atomic E-state index is 0.0905. The highest BCUT2D eigenvalue weighted by molar-refractivity contribution is 5.93. The summed E-state index contributed by atoms with van der Waals surface area (Å²) in [5.74, 6) is -0.932. The summed E-state index contributed by atoms with van der Waals surface area (Å²) in [7, 11) is 0. The van der Waals surface area contributed by atoms with Crippen molar-refractivity contribution in [2.24, 2.45) is 0 Å². The van der Waals surface area contributed by atoms with E-state index in [1.807, 2.05) is 0 Å². The van der Waals surface area contributed by atoms with Gasteiger partial charge in [-0.1, -0.05) is 36.4 Å². The second-order valence-corrected chi connectivity index (χ2v) is 6.43. The molecule has 0 aliphatic rings. The first-order valence-corrected chi connectivity index (χ1v) is 8.73. The number of hydrogen-bond donors (Lipinski definition) is 1. The summed E-state index contributed by atoms with van der Waals surface area (Å²) >= 11 is 0. The molecule has 0 saturated heterocycles. The van der Waals surface area contributed by atoms with E-state index in [1.54, 1.807) is 42.5 Å². The van der Waals surface area contributed by atoms with Crippen LogP contribution in [-0.4, -0.2) is 14.9 Å². The summed E-state index contributed by atoms with van der Waals surface area (Å²) in [6, 6.07) is 18.6. The summed E-state index contributed by atoms with van der Waals surface area (Å²) in [6.45, 7) is -0.210. The molecule has 0 fully saturated rings. The average Bonchev–Trinajstić information content (AvgIpc) is 2.71. The van der Waals surface area contributed by atoms with E-state index in [0.717, 1.165) is 4.68 Å². The van der Waals surface area contributed by atoms with Gasteiger partial charge in [-0.3, -0.25) is 4.79 Å². The van der Waals surface area contributed by atoms with E-state index >= 15 is 0 Å². The molecule has 28 heavy (non-hydrogen) atoms. The average molecular weight is 378 g/mol. The molecular weight excluding hydrogens is 362 g/mol. The molecule has 0 radical (unpaired) electrons. The predicted molar refractivity (Wildman–Crippen MR) is 103 cm³/mol. The van der Waals surface area contributed by atoms with Crippen LogP contribution in [0.5, 0.6) is 0 Å². The molecule has 3 aromatic carbocycles. The SMILES string of the molecule is O=c1c2ccccc2c(-c2ccc(F)cc2)nn1C[C@H](O)c1ccccc1F. The summed E-state index contributed by atoms with van der Waals surface area (Å²) in [5, 5.41) is 15.9. The van der Waals surface area contributed by atoms with E-state index in [2.05, 4.69) is 5.10 Å².